The number of urea groups is 1. The number of nitrogens with one attached hydrogen (secondary N) is 2. The Balaban J connectivity index is 1.21. The molecule has 1 saturated heterocycles. The van der Waals surface area contributed by atoms with E-state index in [-0.39, 0.29) is 12.0 Å². The highest BCUT2D eigenvalue weighted by atomic mass is 32.1. The zero-order chi connectivity index (χ0) is 20.0. The number of H-pyrrole nitrogens is 1. The van der Waals surface area contributed by atoms with E-state index in [4.69, 9.17) is 4.74 Å². The summed E-state index contributed by atoms with van der Waals surface area (Å²) in [5.41, 5.74) is 2.13. The zero-order valence-electron chi connectivity index (χ0n) is 16.3. The number of pyridine rings is 1. The van der Waals surface area contributed by atoms with Crippen molar-refractivity contribution in [3.05, 3.63) is 24.5 Å². The van der Waals surface area contributed by atoms with Crippen LogP contribution in [0.15, 0.2) is 24.5 Å². The second kappa shape index (κ2) is 7.18. The first-order chi connectivity index (χ1) is 14.1. The molecule has 0 bridgehead atoms. The van der Waals surface area contributed by atoms with Gasteiger partial charge in [0.1, 0.15) is 5.65 Å². The summed E-state index contributed by atoms with van der Waals surface area (Å²) >= 11 is 1.13. The smallest absolute Gasteiger partial charge is 0.329 e. The Morgan fingerprint density at radius 1 is 1.34 bits per heavy atom. The van der Waals surface area contributed by atoms with Gasteiger partial charge in [-0.05, 0) is 36.8 Å². The Hall–Kier alpha value is -2.88. The van der Waals surface area contributed by atoms with Gasteiger partial charge in [-0.25, -0.2) is 9.78 Å². The fraction of sp³-hybridized carbons (Fsp3) is 0.474. The van der Waals surface area contributed by atoms with Crippen LogP contribution in [0.3, 0.4) is 0 Å². The van der Waals surface area contributed by atoms with Gasteiger partial charge in [-0.15, -0.1) is 4.37 Å². The molecule has 1 aliphatic heterocycles. The average Bonchev–Trinajstić information content (AvgIpc) is 3.48. The number of carbonyl (C=O) groups is 1. The van der Waals surface area contributed by atoms with E-state index in [2.05, 4.69) is 48.7 Å². The van der Waals surface area contributed by atoms with Gasteiger partial charge in [0.05, 0.1) is 7.11 Å². The van der Waals surface area contributed by atoms with Crippen LogP contribution in [-0.2, 0) is 0 Å². The molecule has 4 heterocycles. The zero-order valence-corrected chi connectivity index (χ0v) is 17.1. The number of aromatic nitrogens is 4. The first-order valence-electron chi connectivity index (χ1n) is 9.71. The molecule has 29 heavy (non-hydrogen) atoms. The van der Waals surface area contributed by atoms with Gasteiger partial charge in [0.15, 0.2) is 0 Å². The highest BCUT2D eigenvalue weighted by Crippen LogP contribution is 2.42. The van der Waals surface area contributed by atoms with Crippen LogP contribution in [0, 0.1) is 11.8 Å². The molecule has 2 fully saturated rings. The number of nitrogens with zero attached hydrogens (tertiary/aromatic N) is 5. The number of amides is 2. The van der Waals surface area contributed by atoms with Crippen molar-refractivity contribution in [2.45, 2.75) is 18.9 Å². The molecular formula is C19H23N7O2S. The van der Waals surface area contributed by atoms with Gasteiger partial charge in [-0.1, -0.05) is 0 Å². The number of aromatic amines is 1. The van der Waals surface area contributed by atoms with E-state index in [1.54, 1.807) is 0 Å². The van der Waals surface area contributed by atoms with Crippen LogP contribution >= 0.6 is 11.5 Å². The lowest BCUT2D eigenvalue weighted by Gasteiger charge is -2.29. The SMILES string of the molecule is COc1nsc(NC(=O)N2C[C@H]3C[C@@H](N(C)c4ccnc5[nH]ccc45)C[C@H]3C2)n1. The second-order valence-corrected chi connectivity index (χ2v) is 8.50. The Bertz CT molecular complexity index is 1020. The van der Waals surface area contributed by atoms with Gasteiger partial charge in [-0.3, -0.25) is 5.32 Å². The molecule has 0 radical (unpaired) electrons. The van der Waals surface area contributed by atoms with E-state index in [1.165, 1.54) is 12.8 Å². The Labute approximate surface area is 172 Å². The van der Waals surface area contributed by atoms with E-state index >= 15 is 0 Å². The molecule has 2 N–H and O–H groups in total. The van der Waals surface area contributed by atoms with E-state index in [9.17, 15) is 4.79 Å². The fourth-order valence-corrected chi connectivity index (χ4v) is 5.25. The average molecular weight is 414 g/mol. The number of hydrogen-bond acceptors (Lipinski definition) is 7. The van der Waals surface area contributed by atoms with Crippen LogP contribution in [0.4, 0.5) is 15.6 Å². The molecule has 9 nitrogen and oxygen atoms in total. The molecule has 0 unspecified atom stereocenters. The van der Waals surface area contributed by atoms with Gasteiger partial charge in [0, 0.05) is 61.2 Å². The highest BCUT2D eigenvalue weighted by molar-refractivity contribution is 7.10. The van der Waals surface area contributed by atoms with E-state index < -0.39 is 0 Å². The van der Waals surface area contributed by atoms with Gasteiger partial charge >= 0.3 is 12.0 Å². The van der Waals surface area contributed by atoms with E-state index in [0.717, 1.165) is 48.5 Å². The maximum atomic E-state index is 12.6. The summed E-state index contributed by atoms with van der Waals surface area (Å²) in [6.07, 6.45) is 5.97. The number of fused-ring (bicyclic) bond motifs is 2. The summed E-state index contributed by atoms with van der Waals surface area (Å²) in [6, 6.07) is 4.82. The standard InChI is InChI=1S/C19H23N7O2S/c1-25(15-4-6-21-16-14(15)3-5-20-16)13-7-11-9-26(10-12(11)8-13)19(27)23-18-22-17(28-2)24-29-18/h3-6,11-13H,7-10H2,1-2H3,(H,20,21)(H,22,23,24,27)/t11-,12+,13-. The van der Waals surface area contributed by atoms with E-state index in [0.29, 0.717) is 23.0 Å². The molecule has 2 amide bonds. The number of likely N-dealkylation sites (tertiary alicyclic amines) is 1. The van der Waals surface area contributed by atoms with Crippen LogP contribution in [0.25, 0.3) is 11.0 Å². The van der Waals surface area contributed by atoms with Crippen molar-refractivity contribution in [1.82, 2.24) is 24.2 Å². The van der Waals surface area contributed by atoms with Crippen molar-refractivity contribution >= 4 is 39.4 Å². The quantitative estimate of drug-likeness (QED) is 0.682. The molecular weight excluding hydrogens is 390 g/mol. The van der Waals surface area contributed by atoms with Crippen molar-refractivity contribution in [3.8, 4) is 6.01 Å². The molecule has 1 aliphatic carbocycles. The minimum atomic E-state index is -0.105. The minimum absolute atomic E-state index is 0.105. The van der Waals surface area contributed by atoms with Crippen LogP contribution in [0.1, 0.15) is 12.8 Å². The lowest BCUT2D eigenvalue weighted by Crippen LogP contribution is -2.36. The van der Waals surface area contributed by atoms with Crippen LogP contribution in [-0.4, -0.2) is 63.5 Å². The van der Waals surface area contributed by atoms with Crippen molar-refractivity contribution in [2.75, 3.05) is 37.5 Å². The normalized spacial score (nSPS) is 23.4. The number of anilines is 2. The summed E-state index contributed by atoms with van der Waals surface area (Å²) in [5, 5.41) is 4.46. The monoisotopic (exact) mass is 413 g/mol. The Morgan fingerprint density at radius 2 is 2.14 bits per heavy atom. The molecule has 3 aromatic heterocycles. The number of rotatable bonds is 4. The number of methoxy groups -OCH3 is 1. The van der Waals surface area contributed by atoms with Crippen molar-refractivity contribution in [2.24, 2.45) is 11.8 Å². The van der Waals surface area contributed by atoms with Crippen LogP contribution in [0.2, 0.25) is 0 Å². The molecule has 3 aromatic rings. The van der Waals surface area contributed by atoms with Crippen LogP contribution < -0.4 is 15.0 Å². The summed E-state index contributed by atoms with van der Waals surface area (Å²) in [4.78, 5) is 28.6. The van der Waals surface area contributed by atoms with Crippen molar-refractivity contribution in [3.63, 3.8) is 0 Å². The lowest BCUT2D eigenvalue weighted by molar-refractivity contribution is 0.218. The first-order valence-corrected chi connectivity index (χ1v) is 10.5. The third kappa shape index (κ3) is 3.27. The molecule has 1 saturated carbocycles. The third-order valence-electron chi connectivity index (χ3n) is 6.18. The predicted molar refractivity (Wildman–Crippen MR) is 112 cm³/mol. The highest BCUT2D eigenvalue weighted by Gasteiger charge is 2.43. The number of carbonyl (C=O) groups excluding carboxylic acids is 1. The predicted octanol–water partition coefficient (Wildman–Crippen LogP) is 2.80. The molecule has 152 valence electrons. The molecule has 3 atom stereocenters. The van der Waals surface area contributed by atoms with Crippen LogP contribution in [0.5, 0.6) is 6.01 Å². The third-order valence-corrected chi connectivity index (χ3v) is 6.80. The summed E-state index contributed by atoms with van der Waals surface area (Å²) in [7, 11) is 3.68. The molecule has 0 spiro atoms. The molecule has 2 aliphatic rings. The van der Waals surface area contributed by atoms with Crippen molar-refractivity contribution in [1.29, 1.82) is 0 Å². The maximum Gasteiger partial charge on any atom is 0.329 e. The maximum absolute atomic E-state index is 12.6. The van der Waals surface area contributed by atoms with Gasteiger partial charge in [0.25, 0.3) is 0 Å². The number of ether oxygens (including phenoxy) is 1. The fourth-order valence-electron chi connectivity index (χ4n) is 4.71. The second-order valence-electron chi connectivity index (χ2n) is 7.75. The van der Waals surface area contributed by atoms with Gasteiger partial charge in [0.2, 0.25) is 5.13 Å². The van der Waals surface area contributed by atoms with Gasteiger partial charge < -0.3 is 19.5 Å². The Morgan fingerprint density at radius 3 is 2.86 bits per heavy atom. The van der Waals surface area contributed by atoms with Gasteiger partial charge in [-0.2, -0.15) is 4.98 Å². The topological polar surface area (TPSA) is 99.3 Å². The summed E-state index contributed by atoms with van der Waals surface area (Å²) < 4.78 is 8.98. The first kappa shape index (κ1) is 18.2. The molecule has 10 heteroatoms. The van der Waals surface area contributed by atoms with E-state index in [1.807, 2.05) is 17.3 Å². The van der Waals surface area contributed by atoms with Crippen molar-refractivity contribution < 1.29 is 9.53 Å². The summed E-state index contributed by atoms with van der Waals surface area (Å²) in [6.45, 7) is 1.57. The summed E-state index contributed by atoms with van der Waals surface area (Å²) in [5.74, 6) is 1.06. The minimum Gasteiger partial charge on any atom is -0.466 e. The Kier molecular flexibility index (Phi) is 4.50. The molecule has 0 aromatic carbocycles. The largest absolute Gasteiger partial charge is 0.466 e. The number of hydrogen-bond donors (Lipinski definition) is 2. The molecule has 5 rings (SSSR count). The lowest BCUT2D eigenvalue weighted by atomic mass is 10.0.